The van der Waals surface area contributed by atoms with Crippen LogP contribution in [-0.2, 0) is 6.54 Å². The first-order valence-corrected chi connectivity index (χ1v) is 5.93. The molecule has 3 rings (SSSR count). The summed E-state index contributed by atoms with van der Waals surface area (Å²) in [5.74, 6) is -0.0758. The van der Waals surface area contributed by atoms with Gasteiger partial charge >= 0.3 is 11.6 Å². The molecular formula is C10H11N5O4. The van der Waals surface area contributed by atoms with E-state index in [-0.39, 0.29) is 11.2 Å². The number of rotatable bonds is 3. The molecule has 0 saturated heterocycles. The molecule has 1 aliphatic rings. The lowest BCUT2D eigenvalue weighted by Gasteiger charge is -2.23. The SMILES string of the molecule is O=c1[nH]c(=O)c2nc([N+](=O)[O-])n(CC3CCC3)c2[nH]1. The molecule has 0 spiro atoms. The van der Waals surface area contributed by atoms with Crippen molar-refractivity contribution in [3.63, 3.8) is 0 Å². The number of fused-ring (bicyclic) bond motifs is 1. The van der Waals surface area contributed by atoms with Gasteiger partial charge in [-0.15, -0.1) is 0 Å². The van der Waals surface area contributed by atoms with E-state index < -0.39 is 22.1 Å². The second kappa shape index (κ2) is 4.04. The van der Waals surface area contributed by atoms with Crippen LogP contribution in [0.3, 0.4) is 0 Å². The van der Waals surface area contributed by atoms with E-state index >= 15 is 0 Å². The fraction of sp³-hybridized carbons (Fsp3) is 0.500. The van der Waals surface area contributed by atoms with Crippen LogP contribution in [0, 0.1) is 16.0 Å². The van der Waals surface area contributed by atoms with Gasteiger partial charge in [-0.1, -0.05) is 11.4 Å². The van der Waals surface area contributed by atoms with Gasteiger partial charge < -0.3 is 10.1 Å². The zero-order chi connectivity index (χ0) is 13.6. The summed E-state index contributed by atoms with van der Waals surface area (Å²) in [5.41, 5.74) is -1.39. The monoisotopic (exact) mass is 265 g/mol. The molecule has 0 amide bonds. The zero-order valence-corrected chi connectivity index (χ0v) is 9.88. The molecule has 9 heteroatoms. The van der Waals surface area contributed by atoms with Gasteiger partial charge in [-0.2, -0.15) is 0 Å². The summed E-state index contributed by atoms with van der Waals surface area (Å²) in [6, 6.07) is 0. The third kappa shape index (κ3) is 1.83. The Bertz CT molecular complexity index is 766. The van der Waals surface area contributed by atoms with Crippen molar-refractivity contribution in [2.45, 2.75) is 25.8 Å². The topological polar surface area (TPSA) is 127 Å². The molecule has 100 valence electrons. The Hall–Kier alpha value is -2.45. The van der Waals surface area contributed by atoms with Crippen LogP contribution < -0.4 is 11.2 Å². The van der Waals surface area contributed by atoms with Crippen LogP contribution in [0.1, 0.15) is 19.3 Å². The predicted octanol–water partition coefficient (Wildman–Crippen LogP) is 0.121. The van der Waals surface area contributed by atoms with Gasteiger partial charge in [-0.05, 0) is 23.7 Å². The Kier molecular flexibility index (Phi) is 2.47. The largest absolute Gasteiger partial charge is 0.437 e. The fourth-order valence-electron chi connectivity index (χ4n) is 2.27. The minimum absolute atomic E-state index is 0.106. The maximum atomic E-state index is 11.6. The number of aromatic nitrogens is 4. The van der Waals surface area contributed by atoms with E-state index in [1.807, 2.05) is 4.98 Å². The van der Waals surface area contributed by atoms with Gasteiger partial charge in [0.1, 0.15) is 0 Å². The predicted molar refractivity (Wildman–Crippen MR) is 65.0 cm³/mol. The lowest BCUT2D eigenvalue weighted by Crippen LogP contribution is -2.24. The van der Waals surface area contributed by atoms with Crippen LogP contribution in [0.25, 0.3) is 11.2 Å². The molecule has 19 heavy (non-hydrogen) atoms. The molecular weight excluding hydrogens is 254 g/mol. The average Bonchev–Trinajstić information content (AvgIpc) is 2.62. The molecule has 2 N–H and O–H groups in total. The average molecular weight is 265 g/mol. The Balaban J connectivity index is 2.24. The molecule has 0 bridgehead atoms. The molecule has 0 atom stereocenters. The van der Waals surface area contributed by atoms with Crippen LogP contribution in [0.4, 0.5) is 5.95 Å². The van der Waals surface area contributed by atoms with Gasteiger partial charge in [0.05, 0.1) is 6.54 Å². The first-order chi connectivity index (χ1) is 9.06. The maximum absolute atomic E-state index is 11.6. The van der Waals surface area contributed by atoms with Crippen LogP contribution in [0.2, 0.25) is 0 Å². The van der Waals surface area contributed by atoms with Crippen molar-refractivity contribution in [1.29, 1.82) is 0 Å². The molecule has 1 aliphatic carbocycles. The highest BCUT2D eigenvalue weighted by atomic mass is 16.6. The lowest BCUT2D eigenvalue weighted by molar-refractivity contribution is -0.396. The summed E-state index contributed by atoms with van der Waals surface area (Å²) >= 11 is 0. The third-order valence-electron chi connectivity index (χ3n) is 3.45. The van der Waals surface area contributed by atoms with Crippen molar-refractivity contribution in [2.75, 3.05) is 0 Å². The van der Waals surface area contributed by atoms with Gasteiger partial charge in [0.25, 0.3) is 11.1 Å². The van der Waals surface area contributed by atoms with Gasteiger partial charge in [0, 0.05) is 0 Å². The first kappa shape index (κ1) is 11.6. The highest BCUT2D eigenvalue weighted by Crippen LogP contribution is 2.30. The highest BCUT2D eigenvalue weighted by molar-refractivity contribution is 5.71. The molecule has 1 saturated carbocycles. The molecule has 2 aromatic heterocycles. The molecule has 0 radical (unpaired) electrons. The number of nitrogens with zero attached hydrogens (tertiary/aromatic N) is 3. The summed E-state index contributed by atoms with van der Waals surface area (Å²) < 4.78 is 1.32. The van der Waals surface area contributed by atoms with Crippen LogP contribution in [0.5, 0.6) is 0 Å². The minimum Gasteiger partial charge on any atom is -0.390 e. The summed E-state index contributed by atoms with van der Waals surface area (Å²) in [5, 5.41) is 11.0. The molecule has 0 aromatic carbocycles. The Morgan fingerprint density at radius 1 is 1.37 bits per heavy atom. The van der Waals surface area contributed by atoms with Gasteiger partial charge in [0.15, 0.2) is 0 Å². The van der Waals surface area contributed by atoms with E-state index in [9.17, 15) is 19.7 Å². The van der Waals surface area contributed by atoms with Crippen LogP contribution in [-0.4, -0.2) is 24.4 Å². The van der Waals surface area contributed by atoms with Crippen molar-refractivity contribution in [3.05, 3.63) is 31.0 Å². The van der Waals surface area contributed by atoms with Crippen LogP contribution >= 0.6 is 0 Å². The quantitative estimate of drug-likeness (QED) is 0.602. The van der Waals surface area contributed by atoms with Crippen molar-refractivity contribution in [2.24, 2.45) is 5.92 Å². The second-order valence-electron chi connectivity index (χ2n) is 4.68. The smallest absolute Gasteiger partial charge is 0.390 e. The third-order valence-corrected chi connectivity index (χ3v) is 3.45. The molecule has 1 fully saturated rings. The van der Waals surface area contributed by atoms with E-state index in [0.29, 0.717) is 12.5 Å². The first-order valence-electron chi connectivity index (χ1n) is 5.93. The number of H-pyrrole nitrogens is 2. The van der Waals surface area contributed by atoms with E-state index in [1.165, 1.54) is 4.57 Å². The number of aromatic amines is 2. The fourth-order valence-corrected chi connectivity index (χ4v) is 2.27. The summed E-state index contributed by atoms with van der Waals surface area (Å²) in [7, 11) is 0. The summed E-state index contributed by atoms with van der Waals surface area (Å²) in [6.45, 7) is 0.395. The van der Waals surface area contributed by atoms with E-state index in [0.717, 1.165) is 19.3 Å². The summed E-state index contributed by atoms with van der Waals surface area (Å²) in [6.07, 6.45) is 3.08. The number of nitrogens with one attached hydrogen (secondary N) is 2. The normalized spacial score (nSPS) is 15.6. The Morgan fingerprint density at radius 3 is 2.68 bits per heavy atom. The second-order valence-corrected chi connectivity index (χ2v) is 4.68. The van der Waals surface area contributed by atoms with Gasteiger partial charge in [-0.3, -0.25) is 14.8 Å². The van der Waals surface area contributed by atoms with E-state index in [1.54, 1.807) is 0 Å². The van der Waals surface area contributed by atoms with Crippen LogP contribution in [0.15, 0.2) is 9.59 Å². The number of hydrogen-bond acceptors (Lipinski definition) is 5. The molecule has 0 unspecified atom stereocenters. The zero-order valence-electron chi connectivity index (χ0n) is 9.88. The highest BCUT2D eigenvalue weighted by Gasteiger charge is 2.29. The van der Waals surface area contributed by atoms with Gasteiger partial charge in [0.2, 0.25) is 5.65 Å². The Morgan fingerprint density at radius 2 is 2.11 bits per heavy atom. The maximum Gasteiger partial charge on any atom is 0.437 e. The van der Waals surface area contributed by atoms with Crippen molar-refractivity contribution in [1.82, 2.24) is 19.5 Å². The molecule has 2 aromatic rings. The minimum atomic E-state index is -0.714. The molecule has 2 heterocycles. The van der Waals surface area contributed by atoms with Crippen molar-refractivity contribution in [3.8, 4) is 0 Å². The summed E-state index contributed by atoms with van der Waals surface area (Å²) in [4.78, 5) is 41.4. The lowest BCUT2D eigenvalue weighted by atomic mass is 9.85. The number of nitro groups is 1. The molecule has 9 nitrogen and oxygen atoms in total. The van der Waals surface area contributed by atoms with Gasteiger partial charge in [-0.25, -0.2) is 9.36 Å². The van der Waals surface area contributed by atoms with Crippen molar-refractivity contribution >= 4 is 17.1 Å². The molecule has 0 aliphatic heterocycles. The standard InChI is InChI=1S/C10H11N5O4/c16-8-6-7(12-9(17)13-8)14(4-5-2-1-3-5)10(11-6)15(18)19/h5H,1-4H2,(H2,12,13,16,17). The number of imidazole rings is 1. The Labute approximate surface area is 105 Å². The van der Waals surface area contributed by atoms with Crippen molar-refractivity contribution < 1.29 is 4.92 Å². The van der Waals surface area contributed by atoms with E-state index in [4.69, 9.17) is 0 Å². The number of hydrogen-bond donors (Lipinski definition) is 2. The van der Waals surface area contributed by atoms with E-state index in [2.05, 4.69) is 9.97 Å².